The van der Waals surface area contributed by atoms with Gasteiger partial charge >= 0.3 is 0 Å². The fourth-order valence-electron chi connectivity index (χ4n) is 0.358. The van der Waals surface area contributed by atoms with Gasteiger partial charge in [0.1, 0.15) is 6.61 Å². The third-order valence-electron chi connectivity index (χ3n) is 0.696. The molecule has 0 rings (SSSR count). The molecule has 3 heteroatoms. The molecule has 8 heavy (non-hydrogen) atoms. The lowest BCUT2D eigenvalue weighted by molar-refractivity contribution is -0.122. The van der Waals surface area contributed by atoms with Gasteiger partial charge < -0.3 is 4.74 Å². The van der Waals surface area contributed by atoms with Crippen LogP contribution in [0.15, 0.2) is 0 Å². The van der Waals surface area contributed by atoms with Crippen molar-refractivity contribution in [3.63, 3.8) is 0 Å². The SMILES string of the molecule is COCC(=O)CCS. The Morgan fingerprint density at radius 1 is 1.75 bits per heavy atom. The van der Waals surface area contributed by atoms with Crippen LogP contribution in [-0.2, 0) is 9.53 Å². The van der Waals surface area contributed by atoms with Gasteiger partial charge in [0.15, 0.2) is 5.78 Å². The van der Waals surface area contributed by atoms with Gasteiger partial charge in [-0.15, -0.1) is 0 Å². The molecule has 0 heterocycles. The number of thiol groups is 1. The molecule has 0 atom stereocenters. The number of hydrogen-bond donors (Lipinski definition) is 1. The minimum absolute atomic E-state index is 0.113. The molecule has 0 N–H and O–H groups in total. The predicted octanol–water partition coefficient (Wildman–Crippen LogP) is 0.522. The second-order valence-electron chi connectivity index (χ2n) is 1.45. The minimum Gasteiger partial charge on any atom is -0.377 e. The Kier molecular flexibility index (Phi) is 5.11. The van der Waals surface area contributed by atoms with Crippen LogP contribution in [0, 0.1) is 0 Å². The molecule has 0 spiro atoms. The summed E-state index contributed by atoms with van der Waals surface area (Å²) in [6.07, 6.45) is 0.511. The minimum atomic E-state index is 0.113. The zero-order valence-electron chi connectivity index (χ0n) is 4.89. The molecule has 0 radical (unpaired) electrons. The van der Waals surface area contributed by atoms with Crippen molar-refractivity contribution in [2.75, 3.05) is 19.5 Å². The number of methoxy groups -OCH3 is 1. The van der Waals surface area contributed by atoms with Crippen LogP contribution in [0.1, 0.15) is 6.42 Å². The maximum Gasteiger partial charge on any atom is 0.159 e. The monoisotopic (exact) mass is 134 g/mol. The highest BCUT2D eigenvalue weighted by molar-refractivity contribution is 7.80. The summed E-state index contributed by atoms with van der Waals surface area (Å²) in [5.74, 6) is 0.727. The van der Waals surface area contributed by atoms with Gasteiger partial charge in [-0.25, -0.2) is 0 Å². The average Bonchev–Trinajstić information content (AvgIpc) is 1.68. The molecule has 48 valence electrons. The Morgan fingerprint density at radius 2 is 2.38 bits per heavy atom. The number of ether oxygens (including phenoxy) is 1. The van der Waals surface area contributed by atoms with Gasteiger partial charge in [0, 0.05) is 13.5 Å². The smallest absolute Gasteiger partial charge is 0.159 e. The summed E-state index contributed by atoms with van der Waals surface area (Å²) >= 11 is 3.88. The Balaban J connectivity index is 3.06. The van der Waals surface area contributed by atoms with Crippen LogP contribution in [0.5, 0.6) is 0 Å². The first kappa shape index (κ1) is 7.98. The first-order valence-electron chi connectivity index (χ1n) is 2.42. The summed E-state index contributed by atoms with van der Waals surface area (Å²) in [6, 6.07) is 0. The third-order valence-corrected chi connectivity index (χ3v) is 0.920. The van der Waals surface area contributed by atoms with Crippen molar-refractivity contribution >= 4 is 18.4 Å². The van der Waals surface area contributed by atoms with Crippen molar-refractivity contribution in [1.82, 2.24) is 0 Å². The zero-order valence-corrected chi connectivity index (χ0v) is 5.78. The molecule has 0 fully saturated rings. The van der Waals surface area contributed by atoms with Crippen LogP contribution >= 0.6 is 12.6 Å². The summed E-state index contributed by atoms with van der Waals surface area (Å²) in [7, 11) is 1.51. The predicted molar refractivity (Wildman–Crippen MR) is 35.4 cm³/mol. The molecule has 0 aromatic rings. The Labute approximate surface area is 54.6 Å². The van der Waals surface area contributed by atoms with Gasteiger partial charge in [0.25, 0.3) is 0 Å². The van der Waals surface area contributed by atoms with E-state index in [9.17, 15) is 4.79 Å². The van der Waals surface area contributed by atoms with Gasteiger partial charge in [-0.05, 0) is 5.75 Å². The summed E-state index contributed by atoms with van der Waals surface area (Å²) in [5.41, 5.74) is 0. The van der Waals surface area contributed by atoms with Crippen LogP contribution in [-0.4, -0.2) is 25.3 Å². The van der Waals surface area contributed by atoms with Crippen LogP contribution in [0.3, 0.4) is 0 Å². The molecule has 0 bridgehead atoms. The van der Waals surface area contributed by atoms with Crippen molar-refractivity contribution in [2.24, 2.45) is 0 Å². The number of rotatable bonds is 4. The van der Waals surface area contributed by atoms with Crippen LogP contribution in [0.4, 0.5) is 0 Å². The Hall–Kier alpha value is -0.0200. The van der Waals surface area contributed by atoms with Gasteiger partial charge in [-0.1, -0.05) is 0 Å². The van der Waals surface area contributed by atoms with E-state index in [-0.39, 0.29) is 12.4 Å². The van der Waals surface area contributed by atoms with Gasteiger partial charge in [0.05, 0.1) is 0 Å². The van der Waals surface area contributed by atoms with Crippen molar-refractivity contribution < 1.29 is 9.53 Å². The first-order valence-corrected chi connectivity index (χ1v) is 3.06. The van der Waals surface area contributed by atoms with E-state index in [2.05, 4.69) is 17.4 Å². The first-order chi connectivity index (χ1) is 3.81. The topological polar surface area (TPSA) is 26.3 Å². The largest absolute Gasteiger partial charge is 0.377 e. The molecule has 0 aromatic heterocycles. The summed E-state index contributed by atoms with van der Waals surface area (Å²) < 4.78 is 4.57. The molecular formula is C5H10O2S. The van der Waals surface area contributed by atoms with E-state index >= 15 is 0 Å². The number of carbonyl (C=O) groups excluding carboxylic acids is 1. The number of ketones is 1. The quantitative estimate of drug-likeness (QED) is 0.567. The van der Waals surface area contributed by atoms with E-state index in [1.54, 1.807) is 0 Å². The summed E-state index contributed by atoms with van der Waals surface area (Å²) in [6.45, 7) is 0.223. The Bertz CT molecular complexity index is 64.8. The molecule has 0 unspecified atom stereocenters. The van der Waals surface area contributed by atoms with Gasteiger partial charge in [-0.3, -0.25) is 4.79 Å². The van der Waals surface area contributed by atoms with E-state index in [1.807, 2.05) is 0 Å². The molecule has 0 aliphatic heterocycles. The number of carbonyl (C=O) groups is 1. The van der Waals surface area contributed by atoms with E-state index in [4.69, 9.17) is 0 Å². The third kappa shape index (κ3) is 4.15. The maximum absolute atomic E-state index is 10.5. The maximum atomic E-state index is 10.5. The molecule has 0 amide bonds. The van der Waals surface area contributed by atoms with Gasteiger partial charge in [-0.2, -0.15) is 12.6 Å². The molecule has 0 aromatic carbocycles. The van der Waals surface area contributed by atoms with E-state index in [0.29, 0.717) is 12.2 Å². The molecule has 0 aliphatic rings. The van der Waals surface area contributed by atoms with E-state index in [0.717, 1.165) is 0 Å². The van der Waals surface area contributed by atoms with Crippen LogP contribution in [0.2, 0.25) is 0 Å². The average molecular weight is 134 g/mol. The lowest BCUT2D eigenvalue weighted by Gasteiger charge is -1.92. The molecule has 0 saturated heterocycles. The van der Waals surface area contributed by atoms with Crippen molar-refractivity contribution in [3.05, 3.63) is 0 Å². The summed E-state index contributed by atoms with van der Waals surface area (Å²) in [5, 5.41) is 0. The van der Waals surface area contributed by atoms with Crippen molar-refractivity contribution in [2.45, 2.75) is 6.42 Å². The van der Waals surface area contributed by atoms with Crippen LogP contribution < -0.4 is 0 Å². The lowest BCUT2D eigenvalue weighted by Crippen LogP contribution is -2.06. The zero-order chi connectivity index (χ0) is 6.41. The highest BCUT2D eigenvalue weighted by Crippen LogP contribution is 1.85. The molecule has 2 nitrogen and oxygen atoms in total. The molecule has 0 aliphatic carbocycles. The second-order valence-corrected chi connectivity index (χ2v) is 1.89. The van der Waals surface area contributed by atoms with Crippen LogP contribution in [0.25, 0.3) is 0 Å². The highest BCUT2D eigenvalue weighted by Gasteiger charge is 1.95. The Morgan fingerprint density at radius 3 is 2.75 bits per heavy atom. The normalized spacial score (nSPS) is 9.25. The van der Waals surface area contributed by atoms with Gasteiger partial charge in [0.2, 0.25) is 0 Å². The van der Waals surface area contributed by atoms with Crippen molar-refractivity contribution in [1.29, 1.82) is 0 Å². The van der Waals surface area contributed by atoms with E-state index in [1.165, 1.54) is 7.11 Å². The lowest BCUT2D eigenvalue weighted by atomic mass is 10.3. The van der Waals surface area contributed by atoms with Crippen molar-refractivity contribution in [3.8, 4) is 0 Å². The second kappa shape index (κ2) is 5.12. The molecule has 0 saturated carbocycles. The van der Waals surface area contributed by atoms with E-state index < -0.39 is 0 Å². The highest BCUT2D eigenvalue weighted by atomic mass is 32.1. The fraction of sp³-hybridized carbons (Fsp3) is 0.800. The number of Topliss-reactive ketones (excluding diaryl/α,β-unsaturated/α-hetero) is 1. The standard InChI is InChI=1S/C5H10O2S/c1-7-4-5(6)2-3-8/h8H,2-4H2,1H3. The fourth-order valence-corrected chi connectivity index (χ4v) is 0.607. The molecular weight excluding hydrogens is 124 g/mol. The number of hydrogen-bond acceptors (Lipinski definition) is 3. The summed E-state index contributed by atoms with van der Waals surface area (Å²) in [4.78, 5) is 10.5.